The Morgan fingerprint density at radius 3 is 2.69 bits per heavy atom. The molecule has 8 nitrogen and oxygen atoms in total. The fourth-order valence-electron chi connectivity index (χ4n) is 3.31. The van der Waals surface area contributed by atoms with Crippen molar-refractivity contribution < 1.29 is 18.9 Å². The molecule has 0 atom stereocenters. The van der Waals surface area contributed by atoms with Gasteiger partial charge in [-0.1, -0.05) is 29.8 Å². The van der Waals surface area contributed by atoms with Crippen LogP contribution in [0.1, 0.15) is 18.1 Å². The third-order valence-corrected chi connectivity index (χ3v) is 5.80. The number of nitrogens with zero attached hydrogens (tertiary/aromatic N) is 2. The first-order chi connectivity index (χ1) is 15.4. The van der Waals surface area contributed by atoms with Gasteiger partial charge in [-0.05, 0) is 42.4 Å². The van der Waals surface area contributed by atoms with Crippen LogP contribution in [0.3, 0.4) is 0 Å². The molecule has 4 rings (SSSR count). The maximum atomic E-state index is 12.5. The maximum Gasteiger partial charge on any atom is 0.345 e. The Balaban J connectivity index is 1.68. The van der Waals surface area contributed by atoms with Crippen molar-refractivity contribution in [3.8, 4) is 16.9 Å². The highest BCUT2D eigenvalue weighted by Crippen LogP contribution is 2.37. The molecular formula is C23H19N3O5S. The lowest BCUT2D eigenvalue weighted by molar-refractivity contribution is -0.380. The minimum Gasteiger partial charge on any atom is -0.496 e. The Labute approximate surface area is 187 Å². The van der Waals surface area contributed by atoms with Crippen LogP contribution in [-0.2, 0) is 4.79 Å². The second-order valence-corrected chi connectivity index (χ2v) is 8.15. The molecule has 0 fully saturated rings. The van der Waals surface area contributed by atoms with Gasteiger partial charge in [-0.3, -0.25) is 20.2 Å². The molecule has 2 aromatic heterocycles. The monoisotopic (exact) mass is 449 g/mol. The summed E-state index contributed by atoms with van der Waals surface area (Å²) in [6.45, 7) is 3.82. The standard InChI is InChI=1S/C23H19N3O5S/c1-13-4-6-15(7-5-13)18-12-31-20-10-19(30-3)16(9-17(18)20)14(2)8-21(27)25-23-24-11-22(32-23)26(28)29/h4-12H,1-3H3,(H,24,25,27)/b14-8+. The summed E-state index contributed by atoms with van der Waals surface area (Å²) >= 11 is 0.795. The average molecular weight is 449 g/mol. The van der Waals surface area contributed by atoms with E-state index in [1.807, 2.05) is 37.3 Å². The third kappa shape index (κ3) is 4.23. The molecule has 1 amide bonds. The van der Waals surface area contributed by atoms with E-state index in [-0.39, 0.29) is 10.1 Å². The van der Waals surface area contributed by atoms with Crippen LogP contribution in [0.25, 0.3) is 27.7 Å². The topological polar surface area (TPSA) is 108 Å². The summed E-state index contributed by atoms with van der Waals surface area (Å²) in [5.41, 5.74) is 5.19. The number of anilines is 1. The largest absolute Gasteiger partial charge is 0.496 e. The molecule has 4 aromatic rings. The van der Waals surface area contributed by atoms with Gasteiger partial charge in [0, 0.05) is 28.7 Å². The van der Waals surface area contributed by atoms with Crippen molar-refractivity contribution in [1.82, 2.24) is 4.98 Å². The highest BCUT2D eigenvalue weighted by Gasteiger charge is 2.16. The number of hydrogen-bond donors (Lipinski definition) is 1. The van der Waals surface area contributed by atoms with Gasteiger partial charge in [0.15, 0.2) is 5.13 Å². The molecule has 0 aliphatic heterocycles. The van der Waals surface area contributed by atoms with Gasteiger partial charge in [0.1, 0.15) is 17.5 Å². The molecule has 0 spiro atoms. The average Bonchev–Trinajstić information content (AvgIpc) is 3.40. The Morgan fingerprint density at radius 1 is 1.28 bits per heavy atom. The Bertz CT molecular complexity index is 1350. The quantitative estimate of drug-likeness (QED) is 0.226. The molecular weight excluding hydrogens is 430 g/mol. The van der Waals surface area contributed by atoms with Crippen molar-refractivity contribution in [2.45, 2.75) is 13.8 Å². The van der Waals surface area contributed by atoms with Gasteiger partial charge in [-0.15, -0.1) is 0 Å². The van der Waals surface area contributed by atoms with Crippen molar-refractivity contribution >= 4 is 43.9 Å². The fraction of sp³-hybridized carbons (Fsp3) is 0.130. The van der Waals surface area contributed by atoms with Crippen LogP contribution in [-0.4, -0.2) is 22.9 Å². The molecule has 2 aromatic carbocycles. The molecule has 0 aliphatic rings. The molecule has 0 saturated carbocycles. The van der Waals surface area contributed by atoms with Crippen LogP contribution >= 0.6 is 11.3 Å². The predicted molar refractivity (Wildman–Crippen MR) is 124 cm³/mol. The summed E-state index contributed by atoms with van der Waals surface area (Å²) in [7, 11) is 1.55. The van der Waals surface area contributed by atoms with Crippen LogP contribution in [0.15, 0.2) is 59.4 Å². The zero-order valence-electron chi connectivity index (χ0n) is 17.5. The lowest BCUT2D eigenvalue weighted by atomic mass is 9.99. The van der Waals surface area contributed by atoms with Crippen molar-refractivity contribution in [3.05, 3.63) is 76.2 Å². The van der Waals surface area contributed by atoms with Crippen LogP contribution < -0.4 is 10.1 Å². The fourth-order valence-corrected chi connectivity index (χ4v) is 3.95. The molecule has 2 heterocycles. The van der Waals surface area contributed by atoms with Crippen molar-refractivity contribution in [1.29, 1.82) is 0 Å². The van der Waals surface area contributed by atoms with Crippen molar-refractivity contribution in [2.75, 3.05) is 12.4 Å². The Morgan fingerprint density at radius 2 is 2.03 bits per heavy atom. The summed E-state index contributed by atoms with van der Waals surface area (Å²) < 4.78 is 11.3. The van der Waals surface area contributed by atoms with Crippen molar-refractivity contribution in [2.24, 2.45) is 0 Å². The summed E-state index contributed by atoms with van der Waals surface area (Å²) in [6, 6.07) is 11.9. The Hall–Kier alpha value is -3.98. The van der Waals surface area contributed by atoms with E-state index in [1.54, 1.807) is 26.4 Å². The number of allylic oxidation sites excluding steroid dienone is 1. The van der Waals surface area contributed by atoms with E-state index in [9.17, 15) is 14.9 Å². The first-order valence-electron chi connectivity index (χ1n) is 9.62. The molecule has 1 N–H and O–H groups in total. The van der Waals surface area contributed by atoms with E-state index < -0.39 is 10.8 Å². The van der Waals surface area contributed by atoms with Gasteiger partial charge in [-0.2, -0.15) is 0 Å². The van der Waals surface area contributed by atoms with Gasteiger partial charge < -0.3 is 9.15 Å². The SMILES string of the molecule is COc1cc2occ(-c3ccc(C)cc3)c2cc1/C(C)=C/C(=O)Nc1ncc([N+](=O)[O-])s1. The van der Waals surface area contributed by atoms with Gasteiger partial charge in [0.05, 0.1) is 18.3 Å². The number of fused-ring (bicyclic) bond motifs is 1. The van der Waals surface area contributed by atoms with Crippen LogP contribution in [0, 0.1) is 17.0 Å². The summed E-state index contributed by atoms with van der Waals surface area (Å²) in [6.07, 6.45) is 4.22. The van der Waals surface area contributed by atoms with E-state index in [0.717, 1.165) is 39.6 Å². The number of aromatic nitrogens is 1. The summed E-state index contributed by atoms with van der Waals surface area (Å²) in [5.74, 6) is 0.119. The zero-order chi connectivity index (χ0) is 22.8. The number of rotatable bonds is 6. The summed E-state index contributed by atoms with van der Waals surface area (Å²) in [4.78, 5) is 26.6. The van der Waals surface area contributed by atoms with Gasteiger partial charge >= 0.3 is 5.00 Å². The lowest BCUT2D eigenvalue weighted by Crippen LogP contribution is -2.08. The number of methoxy groups -OCH3 is 1. The van der Waals surface area contributed by atoms with Crippen LogP contribution in [0.2, 0.25) is 0 Å². The smallest absolute Gasteiger partial charge is 0.345 e. The molecule has 0 unspecified atom stereocenters. The molecule has 0 radical (unpaired) electrons. The molecule has 9 heteroatoms. The highest BCUT2D eigenvalue weighted by atomic mass is 32.1. The number of furan rings is 1. The second-order valence-electron chi connectivity index (χ2n) is 7.14. The number of ether oxygens (including phenoxy) is 1. The second kappa shape index (κ2) is 8.64. The first-order valence-corrected chi connectivity index (χ1v) is 10.4. The number of hydrogen-bond acceptors (Lipinski definition) is 7. The lowest BCUT2D eigenvalue weighted by Gasteiger charge is -2.10. The number of carbonyl (C=O) groups is 1. The van der Waals surface area contributed by atoms with E-state index in [0.29, 0.717) is 16.9 Å². The predicted octanol–water partition coefficient (Wildman–Crippen LogP) is 5.82. The molecule has 0 saturated heterocycles. The maximum absolute atomic E-state index is 12.5. The van der Waals surface area contributed by atoms with E-state index in [1.165, 1.54) is 11.6 Å². The number of benzene rings is 2. The number of thiazole rings is 1. The minimum atomic E-state index is -0.551. The van der Waals surface area contributed by atoms with Crippen molar-refractivity contribution in [3.63, 3.8) is 0 Å². The molecule has 0 bridgehead atoms. The number of carbonyl (C=O) groups excluding carboxylic acids is 1. The normalized spacial score (nSPS) is 11.5. The van der Waals surface area contributed by atoms with E-state index >= 15 is 0 Å². The number of amides is 1. The first kappa shape index (κ1) is 21.3. The Kier molecular flexibility index (Phi) is 5.74. The third-order valence-electron chi connectivity index (χ3n) is 4.93. The van der Waals surface area contributed by atoms with Gasteiger partial charge in [0.2, 0.25) is 5.91 Å². The van der Waals surface area contributed by atoms with Crippen LogP contribution in [0.4, 0.5) is 10.1 Å². The number of aryl methyl sites for hydroxylation is 1. The number of nitrogens with one attached hydrogen (secondary N) is 1. The molecule has 162 valence electrons. The van der Waals surface area contributed by atoms with Gasteiger partial charge in [0.25, 0.3) is 0 Å². The van der Waals surface area contributed by atoms with E-state index in [2.05, 4.69) is 10.3 Å². The molecule has 0 aliphatic carbocycles. The zero-order valence-corrected chi connectivity index (χ0v) is 18.4. The molecule has 32 heavy (non-hydrogen) atoms. The summed E-state index contributed by atoms with van der Waals surface area (Å²) in [5, 5.41) is 14.3. The minimum absolute atomic E-state index is 0.142. The van der Waals surface area contributed by atoms with E-state index in [4.69, 9.17) is 9.15 Å². The van der Waals surface area contributed by atoms with Crippen LogP contribution in [0.5, 0.6) is 5.75 Å². The van der Waals surface area contributed by atoms with Gasteiger partial charge in [-0.25, -0.2) is 4.98 Å². The highest BCUT2D eigenvalue weighted by molar-refractivity contribution is 7.18. The number of nitro groups is 1.